The normalized spacial score (nSPS) is 11.4. The molecule has 2 aromatic heterocycles. The summed E-state index contributed by atoms with van der Waals surface area (Å²) in [5.74, 6) is -2.15. The van der Waals surface area contributed by atoms with Gasteiger partial charge in [0.25, 0.3) is 11.8 Å². The number of phenolic OH excluding ortho intramolecular Hbond substituents is 1. The van der Waals surface area contributed by atoms with Crippen molar-refractivity contribution >= 4 is 52.8 Å². The van der Waals surface area contributed by atoms with Gasteiger partial charge in [0.05, 0.1) is 18.4 Å². The summed E-state index contributed by atoms with van der Waals surface area (Å²) >= 11 is 0. The van der Waals surface area contributed by atoms with Gasteiger partial charge in [-0.15, -0.1) is 0 Å². The average Bonchev–Trinajstić information content (AvgIpc) is 2.97. The first kappa shape index (κ1) is 29.1. The molecular formula is C27H27N9O6. The number of benzene rings is 2. The third kappa shape index (κ3) is 7.20. The Labute approximate surface area is 238 Å². The van der Waals surface area contributed by atoms with Crippen molar-refractivity contribution in [3.63, 3.8) is 0 Å². The van der Waals surface area contributed by atoms with Crippen LogP contribution in [0.1, 0.15) is 39.3 Å². The first-order valence-electron chi connectivity index (χ1n) is 12.6. The molecule has 1 unspecified atom stereocenters. The quantitative estimate of drug-likeness (QED) is 0.102. The minimum atomic E-state index is -1.22. The zero-order valence-corrected chi connectivity index (χ0v) is 22.1. The van der Waals surface area contributed by atoms with E-state index in [0.29, 0.717) is 23.4 Å². The first-order chi connectivity index (χ1) is 20.1. The van der Waals surface area contributed by atoms with Crippen molar-refractivity contribution in [3.8, 4) is 5.75 Å². The van der Waals surface area contributed by atoms with Crippen LogP contribution in [0.4, 0.5) is 17.5 Å². The lowest BCUT2D eigenvalue weighted by molar-refractivity contribution is -0.139. The van der Waals surface area contributed by atoms with E-state index in [4.69, 9.17) is 11.5 Å². The summed E-state index contributed by atoms with van der Waals surface area (Å²) in [6, 6.07) is 10.5. The van der Waals surface area contributed by atoms with Crippen molar-refractivity contribution < 1.29 is 29.4 Å². The molecule has 2 heterocycles. The van der Waals surface area contributed by atoms with E-state index in [1.54, 1.807) is 0 Å². The minimum Gasteiger partial charge on any atom is -0.508 e. The fourth-order valence-electron chi connectivity index (χ4n) is 3.95. The van der Waals surface area contributed by atoms with Crippen LogP contribution in [0.3, 0.4) is 0 Å². The lowest BCUT2D eigenvalue weighted by Crippen LogP contribution is -2.41. The van der Waals surface area contributed by atoms with Gasteiger partial charge in [0.1, 0.15) is 11.8 Å². The maximum Gasteiger partial charge on any atom is 0.326 e. The zero-order chi connectivity index (χ0) is 30.2. The maximum absolute atomic E-state index is 12.7. The summed E-state index contributed by atoms with van der Waals surface area (Å²) in [6.07, 6.45) is 2.38. The number of hydrogen-bond donors (Lipinski definition) is 6. The van der Waals surface area contributed by atoms with Crippen molar-refractivity contribution in [1.29, 1.82) is 0 Å². The molecule has 0 aliphatic rings. The Hall–Kier alpha value is -5.86. The van der Waals surface area contributed by atoms with Gasteiger partial charge in [-0.1, -0.05) is 0 Å². The second-order valence-electron chi connectivity index (χ2n) is 9.09. The molecule has 0 spiro atoms. The number of nitrogen functional groups attached to an aromatic ring is 2. The van der Waals surface area contributed by atoms with Gasteiger partial charge >= 0.3 is 5.97 Å². The van der Waals surface area contributed by atoms with E-state index in [9.17, 15) is 29.4 Å². The number of fused-ring (bicyclic) bond motifs is 1. The number of hydrogen-bond acceptors (Lipinski definition) is 11. The number of aliphatic carboxylic acids is 1. The molecule has 2 aromatic carbocycles. The maximum atomic E-state index is 12.7. The Morgan fingerprint density at radius 2 is 1.62 bits per heavy atom. The van der Waals surface area contributed by atoms with Crippen molar-refractivity contribution in [2.24, 2.45) is 0 Å². The van der Waals surface area contributed by atoms with Crippen LogP contribution in [0.15, 0.2) is 54.7 Å². The molecule has 15 nitrogen and oxygen atoms in total. The number of nitrogens with two attached hydrogens (primary N) is 2. The standard InChI is InChI=1S/C27H27N9O6/c28-22-21-23(35-27(29)34-22)31-12-17(32-21)13-36(14-37)18-7-3-16(4-8-18)25(40)33-20(26(41)42)2-1-11-30-24(39)15-5-9-19(38)10-6-15/h3-10,12,14,20,38H,1-2,11,13H2,(H,30,39)(H,33,40)(H,41,42)(H4,28,29,31,34,35). The highest BCUT2D eigenvalue weighted by molar-refractivity contribution is 5.97. The van der Waals surface area contributed by atoms with Gasteiger partial charge < -0.3 is 37.2 Å². The summed E-state index contributed by atoms with van der Waals surface area (Å²) < 4.78 is 0. The number of carbonyl (C=O) groups is 4. The molecule has 0 aliphatic carbocycles. The SMILES string of the molecule is Nc1nc(N)c2nc(CN(C=O)c3ccc(C(=O)NC(CCCNC(=O)c4ccc(O)cc4)C(=O)O)cc3)cnc2n1. The molecule has 0 radical (unpaired) electrons. The number of anilines is 3. The Kier molecular flexibility index (Phi) is 9.01. The van der Waals surface area contributed by atoms with Crippen molar-refractivity contribution in [3.05, 3.63) is 71.5 Å². The van der Waals surface area contributed by atoms with Crippen LogP contribution in [0, 0.1) is 0 Å². The van der Waals surface area contributed by atoms with Gasteiger partial charge in [0, 0.05) is 23.4 Å². The Balaban J connectivity index is 1.33. The number of carboxylic acids is 1. The fourth-order valence-corrected chi connectivity index (χ4v) is 3.95. The van der Waals surface area contributed by atoms with Crippen LogP contribution in [-0.4, -0.2) is 66.9 Å². The van der Waals surface area contributed by atoms with Crippen LogP contribution >= 0.6 is 0 Å². The zero-order valence-electron chi connectivity index (χ0n) is 22.1. The topological polar surface area (TPSA) is 240 Å². The van der Waals surface area contributed by atoms with Crippen molar-refractivity contribution in [1.82, 2.24) is 30.6 Å². The molecule has 42 heavy (non-hydrogen) atoms. The van der Waals surface area contributed by atoms with Crippen LogP contribution in [0.2, 0.25) is 0 Å². The lowest BCUT2D eigenvalue weighted by atomic mass is 10.1. The molecule has 15 heteroatoms. The Bertz CT molecular complexity index is 1610. The second kappa shape index (κ2) is 13.0. The smallest absolute Gasteiger partial charge is 0.326 e. The summed E-state index contributed by atoms with van der Waals surface area (Å²) in [5.41, 5.74) is 13.3. The Morgan fingerprint density at radius 3 is 2.29 bits per heavy atom. The number of nitrogens with one attached hydrogen (secondary N) is 2. The van der Waals surface area contributed by atoms with E-state index < -0.39 is 17.9 Å². The van der Waals surface area contributed by atoms with Gasteiger partial charge in [-0.3, -0.25) is 14.4 Å². The largest absolute Gasteiger partial charge is 0.508 e. The second-order valence-corrected chi connectivity index (χ2v) is 9.09. The van der Waals surface area contributed by atoms with E-state index in [1.165, 1.54) is 59.6 Å². The summed E-state index contributed by atoms with van der Waals surface area (Å²) in [6.45, 7) is 0.219. The number of aromatic nitrogens is 4. The first-order valence-corrected chi connectivity index (χ1v) is 12.6. The van der Waals surface area contributed by atoms with Crippen molar-refractivity contribution in [2.75, 3.05) is 22.9 Å². The number of carboxylic acid groups (broad SMARTS) is 1. The molecule has 0 fully saturated rings. The Morgan fingerprint density at radius 1 is 0.952 bits per heavy atom. The number of phenols is 1. The highest BCUT2D eigenvalue weighted by Gasteiger charge is 2.21. The molecule has 1 atom stereocenters. The third-order valence-electron chi connectivity index (χ3n) is 6.11. The van der Waals surface area contributed by atoms with Gasteiger partial charge in [-0.2, -0.15) is 9.97 Å². The van der Waals surface area contributed by atoms with E-state index in [-0.39, 0.29) is 66.1 Å². The molecule has 3 amide bonds. The summed E-state index contributed by atoms with van der Waals surface area (Å²) in [7, 11) is 0. The van der Waals surface area contributed by atoms with Gasteiger partial charge in [-0.05, 0) is 61.4 Å². The highest BCUT2D eigenvalue weighted by atomic mass is 16.4. The van der Waals surface area contributed by atoms with E-state index in [2.05, 4.69) is 30.6 Å². The number of nitrogens with zero attached hydrogens (tertiary/aromatic N) is 5. The monoisotopic (exact) mass is 573 g/mol. The predicted molar refractivity (Wildman–Crippen MR) is 151 cm³/mol. The van der Waals surface area contributed by atoms with E-state index in [0.717, 1.165) is 0 Å². The van der Waals surface area contributed by atoms with Crippen molar-refractivity contribution in [2.45, 2.75) is 25.4 Å². The van der Waals surface area contributed by atoms with E-state index >= 15 is 0 Å². The average molecular weight is 574 g/mol. The molecule has 4 aromatic rings. The van der Waals surface area contributed by atoms with Gasteiger partial charge in [0.15, 0.2) is 17.0 Å². The fraction of sp³-hybridized carbons (Fsp3) is 0.185. The van der Waals surface area contributed by atoms with Crippen LogP contribution < -0.4 is 27.0 Å². The van der Waals surface area contributed by atoms with Gasteiger partial charge in [-0.25, -0.2) is 14.8 Å². The molecule has 0 saturated carbocycles. The summed E-state index contributed by atoms with van der Waals surface area (Å²) in [4.78, 5) is 66.1. The van der Waals surface area contributed by atoms with E-state index in [1.807, 2.05) is 0 Å². The lowest BCUT2D eigenvalue weighted by Gasteiger charge is -2.18. The summed E-state index contributed by atoms with van der Waals surface area (Å²) in [5, 5.41) is 24.0. The number of aromatic hydroxyl groups is 1. The minimum absolute atomic E-state index is 0.0339. The molecule has 0 aliphatic heterocycles. The predicted octanol–water partition coefficient (Wildman–Crippen LogP) is 0.846. The number of rotatable bonds is 12. The highest BCUT2D eigenvalue weighted by Crippen LogP contribution is 2.19. The van der Waals surface area contributed by atoms with Crippen LogP contribution in [-0.2, 0) is 16.1 Å². The van der Waals surface area contributed by atoms with Crippen LogP contribution in [0.5, 0.6) is 5.75 Å². The molecule has 216 valence electrons. The molecular weight excluding hydrogens is 546 g/mol. The number of carbonyl (C=O) groups excluding carboxylic acids is 3. The molecule has 8 N–H and O–H groups in total. The number of amides is 3. The molecule has 4 rings (SSSR count). The molecule has 0 saturated heterocycles. The van der Waals surface area contributed by atoms with Gasteiger partial charge in [0.2, 0.25) is 12.4 Å². The third-order valence-corrected chi connectivity index (χ3v) is 6.11. The van der Waals surface area contributed by atoms with Crippen LogP contribution in [0.25, 0.3) is 11.2 Å². The molecule has 0 bridgehead atoms.